The van der Waals surface area contributed by atoms with Crippen LogP contribution in [0.1, 0.15) is 46.1 Å². The normalized spacial score (nSPS) is 16.5. The SMILES string of the molecule is CC1Cc2c(C(N)=O)cccc2N1c1nc2c(c(NCc3cccc(B(O)O)c3)n1)CCC2. The highest BCUT2D eigenvalue weighted by Gasteiger charge is 2.33. The minimum absolute atomic E-state index is 0.0931. The molecule has 0 saturated carbocycles. The van der Waals surface area contributed by atoms with Crippen molar-refractivity contribution >= 4 is 35.9 Å². The molecule has 0 bridgehead atoms. The molecule has 5 N–H and O–H groups in total. The van der Waals surface area contributed by atoms with Crippen LogP contribution in [0.25, 0.3) is 0 Å². The maximum atomic E-state index is 11.9. The van der Waals surface area contributed by atoms with Gasteiger partial charge in [-0.3, -0.25) is 4.79 Å². The van der Waals surface area contributed by atoms with Crippen molar-refractivity contribution < 1.29 is 14.8 Å². The Bertz CT molecular complexity index is 1230. The van der Waals surface area contributed by atoms with E-state index in [1.165, 1.54) is 0 Å². The van der Waals surface area contributed by atoms with Gasteiger partial charge in [-0.15, -0.1) is 0 Å². The Balaban J connectivity index is 1.49. The highest BCUT2D eigenvalue weighted by molar-refractivity contribution is 6.58. The predicted octanol–water partition coefficient (Wildman–Crippen LogP) is 1.44. The van der Waals surface area contributed by atoms with E-state index in [2.05, 4.69) is 17.1 Å². The van der Waals surface area contributed by atoms with Gasteiger partial charge in [0.05, 0.1) is 5.69 Å². The zero-order valence-electron chi connectivity index (χ0n) is 18.5. The lowest BCUT2D eigenvalue weighted by molar-refractivity contribution is 0.0999. The lowest BCUT2D eigenvalue weighted by Gasteiger charge is -2.24. The Hall–Kier alpha value is -3.43. The van der Waals surface area contributed by atoms with Gasteiger partial charge in [-0.25, -0.2) is 4.98 Å². The van der Waals surface area contributed by atoms with Gasteiger partial charge in [0, 0.05) is 29.4 Å². The van der Waals surface area contributed by atoms with E-state index in [9.17, 15) is 14.8 Å². The average molecular weight is 443 g/mol. The zero-order valence-corrected chi connectivity index (χ0v) is 18.5. The van der Waals surface area contributed by atoms with Gasteiger partial charge in [0.15, 0.2) is 0 Å². The van der Waals surface area contributed by atoms with Crippen LogP contribution in [0.4, 0.5) is 17.5 Å². The second-order valence-electron chi connectivity index (χ2n) is 8.71. The number of nitrogens with zero attached hydrogens (tertiary/aromatic N) is 3. The number of benzene rings is 2. The molecule has 3 aromatic rings. The molecule has 0 radical (unpaired) electrons. The molecule has 1 unspecified atom stereocenters. The summed E-state index contributed by atoms with van der Waals surface area (Å²) in [5.74, 6) is 0.994. The number of carbonyl (C=O) groups is 1. The number of nitrogens with one attached hydrogen (secondary N) is 1. The summed E-state index contributed by atoms with van der Waals surface area (Å²) in [5.41, 5.74) is 11.6. The molecular weight excluding hydrogens is 417 g/mol. The van der Waals surface area contributed by atoms with Crippen molar-refractivity contribution in [3.63, 3.8) is 0 Å². The molecule has 2 heterocycles. The molecular formula is C24H26BN5O3. The molecule has 0 fully saturated rings. The quantitative estimate of drug-likeness (QED) is 0.425. The number of hydrogen-bond acceptors (Lipinski definition) is 7. The highest BCUT2D eigenvalue weighted by Crippen LogP contribution is 2.40. The Morgan fingerprint density at radius 2 is 2.00 bits per heavy atom. The molecule has 9 heteroatoms. The third kappa shape index (κ3) is 3.94. The zero-order chi connectivity index (χ0) is 23.1. The first-order valence-corrected chi connectivity index (χ1v) is 11.2. The largest absolute Gasteiger partial charge is 0.488 e. The second-order valence-corrected chi connectivity index (χ2v) is 8.71. The van der Waals surface area contributed by atoms with Crippen LogP contribution in [0.3, 0.4) is 0 Å². The van der Waals surface area contributed by atoms with E-state index < -0.39 is 13.0 Å². The van der Waals surface area contributed by atoms with Crippen LogP contribution in [0, 0.1) is 0 Å². The number of amides is 1. The molecule has 0 saturated heterocycles. The average Bonchev–Trinajstić information content (AvgIpc) is 3.40. The first-order valence-electron chi connectivity index (χ1n) is 11.2. The van der Waals surface area contributed by atoms with Gasteiger partial charge in [0.25, 0.3) is 0 Å². The predicted molar refractivity (Wildman–Crippen MR) is 128 cm³/mol. The molecule has 2 aliphatic rings. The van der Waals surface area contributed by atoms with Crippen LogP contribution >= 0.6 is 0 Å². The number of rotatable bonds is 6. The Kier molecular flexibility index (Phi) is 5.51. The molecule has 2 aromatic carbocycles. The van der Waals surface area contributed by atoms with Crippen molar-refractivity contribution in [1.82, 2.24) is 9.97 Å². The van der Waals surface area contributed by atoms with E-state index >= 15 is 0 Å². The number of primary amides is 1. The molecule has 1 amide bonds. The van der Waals surface area contributed by atoms with Gasteiger partial charge < -0.3 is 26.0 Å². The fraction of sp³-hybridized carbons (Fsp3) is 0.292. The molecule has 1 aliphatic carbocycles. The number of nitrogens with two attached hydrogens (primary N) is 1. The van der Waals surface area contributed by atoms with Crippen LogP contribution in [-0.2, 0) is 25.8 Å². The number of fused-ring (bicyclic) bond motifs is 2. The van der Waals surface area contributed by atoms with E-state index in [0.717, 1.165) is 53.2 Å². The van der Waals surface area contributed by atoms with E-state index in [4.69, 9.17) is 15.7 Å². The summed E-state index contributed by atoms with van der Waals surface area (Å²) >= 11 is 0. The lowest BCUT2D eigenvalue weighted by atomic mass is 9.79. The third-order valence-electron chi connectivity index (χ3n) is 6.46. The van der Waals surface area contributed by atoms with Crippen molar-refractivity contribution in [2.24, 2.45) is 5.73 Å². The monoisotopic (exact) mass is 443 g/mol. The van der Waals surface area contributed by atoms with Crippen LogP contribution < -0.4 is 21.4 Å². The number of anilines is 3. The lowest BCUT2D eigenvalue weighted by Crippen LogP contribution is -2.30. The number of aryl methyl sites for hydroxylation is 1. The summed E-state index contributed by atoms with van der Waals surface area (Å²) in [6, 6.07) is 12.9. The fourth-order valence-corrected chi connectivity index (χ4v) is 4.90. The fourth-order valence-electron chi connectivity index (χ4n) is 4.90. The Morgan fingerprint density at radius 1 is 1.18 bits per heavy atom. The third-order valence-corrected chi connectivity index (χ3v) is 6.46. The van der Waals surface area contributed by atoms with E-state index in [0.29, 0.717) is 29.9 Å². The van der Waals surface area contributed by atoms with E-state index in [-0.39, 0.29) is 6.04 Å². The van der Waals surface area contributed by atoms with Gasteiger partial charge in [0.1, 0.15) is 5.82 Å². The van der Waals surface area contributed by atoms with E-state index in [1.807, 2.05) is 18.2 Å². The summed E-state index contributed by atoms with van der Waals surface area (Å²) in [6.07, 6.45) is 3.56. The smallest absolute Gasteiger partial charge is 0.423 e. The van der Waals surface area contributed by atoms with Gasteiger partial charge in [-0.1, -0.05) is 30.3 Å². The number of hydrogen-bond donors (Lipinski definition) is 4. The molecule has 8 nitrogen and oxygen atoms in total. The van der Waals surface area contributed by atoms with Crippen LogP contribution in [0.5, 0.6) is 0 Å². The highest BCUT2D eigenvalue weighted by atomic mass is 16.4. The molecule has 1 atom stereocenters. The first kappa shape index (κ1) is 21.4. The molecule has 1 aliphatic heterocycles. The maximum Gasteiger partial charge on any atom is 0.488 e. The van der Waals surface area contributed by atoms with Crippen molar-refractivity contribution in [3.05, 3.63) is 70.4 Å². The van der Waals surface area contributed by atoms with Gasteiger partial charge in [0.2, 0.25) is 11.9 Å². The number of carbonyl (C=O) groups excluding carboxylic acids is 1. The van der Waals surface area contributed by atoms with Crippen molar-refractivity contribution in [2.75, 3.05) is 10.2 Å². The molecule has 5 rings (SSSR count). The van der Waals surface area contributed by atoms with Crippen molar-refractivity contribution in [3.8, 4) is 0 Å². The summed E-state index contributed by atoms with van der Waals surface area (Å²) < 4.78 is 0. The van der Waals surface area contributed by atoms with Gasteiger partial charge in [-0.05, 0) is 61.3 Å². The van der Waals surface area contributed by atoms with Gasteiger partial charge >= 0.3 is 7.12 Å². The minimum atomic E-state index is -1.50. The Morgan fingerprint density at radius 3 is 2.79 bits per heavy atom. The van der Waals surface area contributed by atoms with Crippen LogP contribution in [0.15, 0.2) is 42.5 Å². The molecule has 168 valence electrons. The molecule has 33 heavy (non-hydrogen) atoms. The molecule has 1 aromatic heterocycles. The van der Waals surface area contributed by atoms with E-state index in [1.54, 1.807) is 24.3 Å². The number of aromatic nitrogens is 2. The molecule has 0 spiro atoms. The summed E-state index contributed by atoms with van der Waals surface area (Å²) in [6.45, 7) is 2.60. The maximum absolute atomic E-state index is 11.9. The second kappa shape index (κ2) is 8.49. The summed E-state index contributed by atoms with van der Waals surface area (Å²) in [7, 11) is -1.50. The van der Waals surface area contributed by atoms with Crippen LogP contribution in [-0.4, -0.2) is 39.1 Å². The standard InChI is InChI=1S/C24H26BN5O3/c1-14-11-19-17(22(26)31)7-4-10-21(19)30(14)24-28-20-9-3-8-18(20)23(29-24)27-13-15-5-2-6-16(12-15)25(32)33/h2,4-7,10,12,14,32-33H,3,8-9,11,13H2,1H3,(H2,26,31)(H,27,28,29). The Labute approximate surface area is 192 Å². The summed E-state index contributed by atoms with van der Waals surface area (Å²) in [5, 5.41) is 22.4. The van der Waals surface area contributed by atoms with Crippen molar-refractivity contribution in [1.29, 1.82) is 0 Å². The topological polar surface area (TPSA) is 125 Å². The van der Waals surface area contributed by atoms with Crippen molar-refractivity contribution in [2.45, 2.75) is 45.2 Å². The summed E-state index contributed by atoms with van der Waals surface area (Å²) in [4.78, 5) is 23.8. The van der Waals surface area contributed by atoms with Gasteiger partial charge in [-0.2, -0.15) is 4.98 Å². The first-order chi connectivity index (χ1) is 15.9. The minimum Gasteiger partial charge on any atom is -0.423 e. The van der Waals surface area contributed by atoms with Crippen LogP contribution in [0.2, 0.25) is 0 Å².